The lowest BCUT2D eigenvalue weighted by Crippen LogP contribution is -2.47. The Labute approximate surface area is 106 Å². The topological polar surface area (TPSA) is 38.5 Å². The summed E-state index contributed by atoms with van der Waals surface area (Å²) >= 11 is 0. The standard InChI is InChI=1S/C13H18F2N2O/c1-9-7-17(8-11(18-9)4-5-16)10-2-3-12(14)13(15)6-10/h2-3,6,9,11H,4-5,7-8,16H2,1H3. The van der Waals surface area contributed by atoms with Gasteiger partial charge >= 0.3 is 0 Å². The largest absolute Gasteiger partial charge is 0.372 e. The number of nitrogens with zero attached hydrogens (tertiary/aromatic N) is 1. The van der Waals surface area contributed by atoms with Crippen molar-refractivity contribution in [3.8, 4) is 0 Å². The molecular formula is C13H18F2N2O. The zero-order valence-electron chi connectivity index (χ0n) is 10.4. The van der Waals surface area contributed by atoms with E-state index in [1.165, 1.54) is 6.07 Å². The maximum Gasteiger partial charge on any atom is 0.160 e. The second-order valence-corrected chi connectivity index (χ2v) is 4.65. The van der Waals surface area contributed by atoms with E-state index < -0.39 is 11.6 Å². The maximum absolute atomic E-state index is 13.2. The minimum Gasteiger partial charge on any atom is -0.372 e. The second-order valence-electron chi connectivity index (χ2n) is 4.65. The van der Waals surface area contributed by atoms with Crippen LogP contribution in [0.25, 0.3) is 0 Å². The van der Waals surface area contributed by atoms with E-state index in [2.05, 4.69) is 0 Å². The van der Waals surface area contributed by atoms with Crippen LogP contribution in [0.4, 0.5) is 14.5 Å². The predicted molar refractivity (Wildman–Crippen MR) is 66.6 cm³/mol. The molecule has 0 spiro atoms. The normalized spacial score (nSPS) is 24.3. The van der Waals surface area contributed by atoms with Crippen LogP contribution in [0, 0.1) is 11.6 Å². The third-order valence-corrected chi connectivity index (χ3v) is 3.08. The van der Waals surface area contributed by atoms with Crippen molar-refractivity contribution in [1.82, 2.24) is 0 Å². The van der Waals surface area contributed by atoms with Crippen LogP contribution in [-0.4, -0.2) is 31.8 Å². The Balaban J connectivity index is 2.13. The van der Waals surface area contributed by atoms with Crippen LogP contribution in [0.1, 0.15) is 13.3 Å². The molecule has 0 bridgehead atoms. The van der Waals surface area contributed by atoms with Gasteiger partial charge in [0.05, 0.1) is 12.2 Å². The van der Waals surface area contributed by atoms with E-state index >= 15 is 0 Å². The lowest BCUT2D eigenvalue weighted by atomic mass is 10.1. The molecule has 3 nitrogen and oxygen atoms in total. The molecule has 5 heteroatoms. The summed E-state index contributed by atoms with van der Waals surface area (Å²) in [5.41, 5.74) is 6.21. The molecule has 1 saturated heterocycles. The Morgan fingerprint density at radius 1 is 1.33 bits per heavy atom. The average molecular weight is 256 g/mol. The molecule has 0 amide bonds. The SMILES string of the molecule is CC1CN(c2ccc(F)c(F)c2)CC(CCN)O1. The number of anilines is 1. The van der Waals surface area contributed by atoms with E-state index in [1.54, 1.807) is 6.07 Å². The molecule has 0 aromatic heterocycles. The van der Waals surface area contributed by atoms with Crippen LogP contribution in [0.5, 0.6) is 0 Å². The third kappa shape index (κ3) is 2.97. The molecule has 1 aromatic rings. The first-order valence-electron chi connectivity index (χ1n) is 6.15. The van der Waals surface area contributed by atoms with Crippen LogP contribution in [-0.2, 0) is 4.74 Å². The van der Waals surface area contributed by atoms with Crippen LogP contribution in [0.15, 0.2) is 18.2 Å². The minimum atomic E-state index is -0.821. The van der Waals surface area contributed by atoms with Crippen molar-refractivity contribution >= 4 is 5.69 Å². The predicted octanol–water partition coefficient (Wildman–Crippen LogP) is 1.91. The fraction of sp³-hybridized carbons (Fsp3) is 0.538. The van der Waals surface area contributed by atoms with E-state index in [9.17, 15) is 8.78 Å². The van der Waals surface area contributed by atoms with Crippen LogP contribution >= 0.6 is 0 Å². The van der Waals surface area contributed by atoms with Crippen molar-refractivity contribution in [3.63, 3.8) is 0 Å². The summed E-state index contributed by atoms with van der Waals surface area (Å²) in [5, 5.41) is 0. The third-order valence-electron chi connectivity index (χ3n) is 3.08. The number of ether oxygens (including phenoxy) is 1. The quantitative estimate of drug-likeness (QED) is 0.897. The van der Waals surface area contributed by atoms with Gasteiger partial charge in [-0.05, 0) is 32.0 Å². The lowest BCUT2D eigenvalue weighted by molar-refractivity contribution is -0.0183. The van der Waals surface area contributed by atoms with E-state index in [0.717, 1.165) is 12.5 Å². The number of hydrogen-bond acceptors (Lipinski definition) is 3. The molecule has 1 aromatic carbocycles. The molecule has 100 valence electrons. The highest BCUT2D eigenvalue weighted by molar-refractivity contribution is 5.47. The van der Waals surface area contributed by atoms with Crippen molar-refractivity contribution in [2.45, 2.75) is 25.6 Å². The fourth-order valence-electron chi connectivity index (χ4n) is 2.28. The maximum atomic E-state index is 13.2. The number of nitrogens with two attached hydrogens (primary N) is 1. The van der Waals surface area contributed by atoms with Gasteiger partial charge in [-0.1, -0.05) is 0 Å². The van der Waals surface area contributed by atoms with Crippen LogP contribution < -0.4 is 10.6 Å². The van der Waals surface area contributed by atoms with Crippen LogP contribution in [0.2, 0.25) is 0 Å². The number of hydrogen-bond donors (Lipinski definition) is 1. The van der Waals surface area contributed by atoms with Gasteiger partial charge in [0.25, 0.3) is 0 Å². The summed E-state index contributed by atoms with van der Waals surface area (Å²) in [5.74, 6) is -1.64. The van der Waals surface area contributed by atoms with Gasteiger partial charge in [-0.2, -0.15) is 0 Å². The van der Waals surface area contributed by atoms with Gasteiger partial charge in [0.15, 0.2) is 11.6 Å². The first-order valence-corrected chi connectivity index (χ1v) is 6.15. The Hall–Kier alpha value is -1.20. The van der Waals surface area contributed by atoms with E-state index in [0.29, 0.717) is 25.3 Å². The fourth-order valence-corrected chi connectivity index (χ4v) is 2.28. The molecule has 2 atom stereocenters. The highest BCUT2D eigenvalue weighted by atomic mass is 19.2. The van der Waals surface area contributed by atoms with Crippen molar-refractivity contribution in [2.75, 3.05) is 24.5 Å². The highest BCUT2D eigenvalue weighted by Gasteiger charge is 2.25. The van der Waals surface area contributed by atoms with Gasteiger partial charge in [-0.15, -0.1) is 0 Å². The molecular weight excluding hydrogens is 238 g/mol. The van der Waals surface area contributed by atoms with Gasteiger partial charge in [0.1, 0.15) is 0 Å². The molecule has 1 heterocycles. The first kappa shape index (κ1) is 13.2. The molecule has 2 rings (SSSR count). The van der Waals surface area contributed by atoms with E-state index in [4.69, 9.17) is 10.5 Å². The van der Waals surface area contributed by atoms with Crippen molar-refractivity contribution in [1.29, 1.82) is 0 Å². The van der Waals surface area contributed by atoms with Crippen molar-refractivity contribution in [3.05, 3.63) is 29.8 Å². The van der Waals surface area contributed by atoms with Gasteiger partial charge in [-0.25, -0.2) is 8.78 Å². The van der Waals surface area contributed by atoms with Gasteiger partial charge in [0.2, 0.25) is 0 Å². The van der Waals surface area contributed by atoms with Gasteiger partial charge in [-0.3, -0.25) is 0 Å². The average Bonchev–Trinajstić information content (AvgIpc) is 2.32. The molecule has 1 aliphatic heterocycles. The highest BCUT2D eigenvalue weighted by Crippen LogP contribution is 2.23. The molecule has 1 aliphatic rings. The van der Waals surface area contributed by atoms with Gasteiger partial charge < -0.3 is 15.4 Å². The smallest absolute Gasteiger partial charge is 0.160 e. The lowest BCUT2D eigenvalue weighted by Gasteiger charge is -2.38. The Morgan fingerprint density at radius 2 is 2.11 bits per heavy atom. The zero-order chi connectivity index (χ0) is 13.1. The Kier molecular flexibility index (Phi) is 4.14. The van der Waals surface area contributed by atoms with Crippen LogP contribution in [0.3, 0.4) is 0 Å². The summed E-state index contributed by atoms with van der Waals surface area (Å²) in [6, 6.07) is 3.98. The summed E-state index contributed by atoms with van der Waals surface area (Å²) < 4.78 is 31.9. The Morgan fingerprint density at radius 3 is 2.78 bits per heavy atom. The summed E-state index contributed by atoms with van der Waals surface area (Å²) in [6.07, 6.45) is 0.875. The molecule has 18 heavy (non-hydrogen) atoms. The molecule has 2 N–H and O–H groups in total. The summed E-state index contributed by atoms with van der Waals surface area (Å²) in [4.78, 5) is 2.01. The minimum absolute atomic E-state index is 0.0480. The van der Waals surface area contributed by atoms with E-state index in [1.807, 2.05) is 11.8 Å². The zero-order valence-corrected chi connectivity index (χ0v) is 10.4. The molecule has 0 saturated carbocycles. The second kappa shape index (κ2) is 5.63. The molecule has 0 aliphatic carbocycles. The number of morpholine rings is 1. The van der Waals surface area contributed by atoms with Crippen molar-refractivity contribution in [2.24, 2.45) is 5.73 Å². The molecule has 2 unspecified atom stereocenters. The summed E-state index contributed by atoms with van der Waals surface area (Å²) in [6.45, 7) is 3.86. The number of benzene rings is 1. The molecule has 0 radical (unpaired) electrons. The summed E-state index contributed by atoms with van der Waals surface area (Å²) in [7, 11) is 0. The molecule has 1 fully saturated rings. The number of halogens is 2. The monoisotopic (exact) mass is 256 g/mol. The first-order chi connectivity index (χ1) is 8.60. The number of rotatable bonds is 3. The van der Waals surface area contributed by atoms with Gasteiger partial charge in [0, 0.05) is 24.8 Å². The van der Waals surface area contributed by atoms with E-state index in [-0.39, 0.29) is 12.2 Å². The van der Waals surface area contributed by atoms with Crippen molar-refractivity contribution < 1.29 is 13.5 Å². The Bertz CT molecular complexity index is 414.